The predicted octanol–water partition coefficient (Wildman–Crippen LogP) is 0.790. The Kier molecular flexibility index (Phi) is 4.47. The molecular formula is C16H20N6O3. The molecule has 1 aliphatic rings. The fourth-order valence-electron chi connectivity index (χ4n) is 2.67. The fourth-order valence-corrected chi connectivity index (χ4v) is 2.67. The predicted molar refractivity (Wildman–Crippen MR) is 86.7 cm³/mol. The molecule has 2 aromatic heterocycles. The second-order valence-electron chi connectivity index (χ2n) is 6.88. The number of carbonyl (C=O) groups excluding carboxylic acids is 2. The van der Waals surface area contributed by atoms with Crippen LogP contribution in [0.15, 0.2) is 23.0 Å². The summed E-state index contributed by atoms with van der Waals surface area (Å²) in [5.41, 5.74) is -0.289. The van der Waals surface area contributed by atoms with Gasteiger partial charge in [-0.2, -0.15) is 4.98 Å². The van der Waals surface area contributed by atoms with Crippen LogP contribution in [-0.4, -0.2) is 48.9 Å². The van der Waals surface area contributed by atoms with Crippen LogP contribution in [0.4, 0.5) is 0 Å². The van der Waals surface area contributed by atoms with E-state index in [9.17, 15) is 9.59 Å². The monoisotopic (exact) mass is 344 g/mol. The van der Waals surface area contributed by atoms with Crippen molar-refractivity contribution >= 4 is 11.8 Å². The van der Waals surface area contributed by atoms with E-state index in [1.54, 1.807) is 23.4 Å². The van der Waals surface area contributed by atoms with Crippen LogP contribution in [-0.2, 0) is 16.1 Å². The van der Waals surface area contributed by atoms with Crippen molar-refractivity contribution in [1.29, 1.82) is 0 Å². The second-order valence-corrected chi connectivity index (χ2v) is 6.88. The maximum absolute atomic E-state index is 12.3. The molecule has 1 aliphatic heterocycles. The smallest absolute Gasteiger partial charge is 0.246 e. The molecule has 0 aliphatic carbocycles. The minimum absolute atomic E-state index is 0.00560. The molecule has 3 heterocycles. The van der Waals surface area contributed by atoms with Crippen molar-refractivity contribution in [2.45, 2.75) is 39.3 Å². The fraction of sp³-hybridized carbons (Fsp3) is 0.500. The van der Waals surface area contributed by atoms with Crippen molar-refractivity contribution < 1.29 is 14.1 Å². The van der Waals surface area contributed by atoms with E-state index in [2.05, 4.69) is 25.4 Å². The summed E-state index contributed by atoms with van der Waals surface area (Å²) in [6.07, 6.45) is 3.38. The number of amides is 2. The summed E-state index contributed by atoms with van der Waals surface area (Å²) in [4.78, 5) is 38.3. The molecular weight excluding hydrogens is 324 g/mol. The normalized spacial score (nSPS) is 17.8. The van der Waals surface area contributed by atoms with Gasteiger partial charge in [0.05, 0.1) is 12.5 Å². The highest BCUT2D eigenvalue weighted by atomic mass is 16.5. The van der Waals surface area contributed by atoms with E-state index < -0.39 is 0 Å². The van der Waals surface area contributed by atoms with Crippen LogP contribution in [0.3, 0.4) is 0 Å². The molecule has 3 rings (SSSR count). The van der Waals surface area contributed by atoms with Crippen molar-refractivity contribution in [2.24, 2.45) is 5.92 Å². The van der Waals surface area contributed by atoms with Crippen molar-refractivity contribution in [1.82, 2.24) is 30.3 Å². The summed E-state index contributed by atoms with van der Waals surface area (Å²) in [5, 5.41) is 6.54. The lowest BCUT2D eigenvalue weighted by atomic mass is 10.1. The maximum Gasteiger partial charge on any atom is 0.246 e. The largest absolute Gasteiger partial charge is 0.347 e. The molecule has 0 radical (unpaired) electrons. The van der Waals surface area contributed by atoms with Gasteiger partial charge in [0.15, 0.2) is 0 Å². The second kappa shape index (κ2) is 6.58. The number of hydrogen-bond donors (Lipinski definition) is 1. The third-order valence-corrected chi connectivity index (χ3v) is 3.95. The lowest BCUT2D eigenvalue weighted by molar-refractivity contribution is -0.132. The molecule has 9 heteroatoms. The minimum atomic E-state index is -0.369. The highest BCUT2D eigenvalue weighted by molar-refractivity contribution is 5.89. The van der Waals surface area contributed by atoms with Crippen LogP contribution < -0.4 is 5.32 Å². The number of nitrogens with zero attached hydrogens (tertiary/aromatic N) is 5. The summed E-state index contributed by atoms with van der Waals surface area (Å²) in [6, 6.07) is 1.69. The van der Waals surface area contributed by atoms with E-state index in [0.29, 0.717) is 12.4 Å². The van der Waals surface area contributed by atoms with E-state index >= 15 is 0 Å². The zero-order chi connectivity index (χ0) is 18.0. The van der Waals surface area contributed by atoms with Gasteiger partial charge in [0.1, 0.15) is 0 Å². The van der Waals surface area contributed by atoms with Crippen LogP contribution in [0.2, 0.25) is 0 Å². The Bertz CT molecular complexity index is 768. The first kappa shape index (κ1) is 17.0. The summed E-state index contributed by atoms with van der Waals surface area (Å²) in [7, 11) is 0. The molecule has 2 amide bonds. The van der Waals surface area contributed by atoms with Crippen molar-refractivity contribution in [3.63, 3.8) is 0 Å². The van der Waals surface area contributed by atoms with Gasteiger partial charge in [-0.05, 0) is 26.8 Å². The van der Waals surface area contributed by atoms with Gasteiger partial charge in [0.2, 0.25) is 29.4 Å². The quantitative estimate of drug-likeness (QED) is 0.872. The van der Waals surface area contributed by atoms with Gasteiger partial charge in [-0.25, -0.2) is 9.97 Å². The molecule has 1 saturated heterocycles. The Morgan fingerprint density at radius 2 is 2.04 bits per heavy atom. The van der Waals surface area contributed by atoms with Crippen LogP contribution >= 0.6 is 0 Å². The average Bonchev–Trinajstić information content (AvgIpc) is 3.20. The molecule has 1 N–H and O–H groups in total. The molecule has 0 spiro atoms. The van der Waals surface area contributed by atoms with Gasteiger partial charge < -0.3 is 14.7 Å². The first-order valence-electron chi connectivity index (χ1n) is 8.03. The molecule has 25 heavy (non-hydrogen) atoms. The number of hydrogen-bond acceptors (Lipinski definition) is 7. The molecule has 0 aromatic carbocycles. The van der Waals surface area contributed by atoms with Crippen LogP contribution in [0, 0.1) is 5.92 Å². The first-order valence-corrected chi connectivity index (χ1v) is 8.03. The molecule has 132 valence electrons. The minimum Gasteiger partial charge on any atom is -0.347 e. The van der Waals surface area contributed by atoms with Gasteiger partial charge in [-0.15, -0.1) is 0 Å². The van der Waals surface area contributed by atoms with E-state index in [-0.39, 0.29) is 48.0 Å². The van der Waals surface area contributed by atoms with Gasteiger partial charge in [0.25, 0.3) is 0 Å². The number of carbonyl (C=O) groups is 2. The van der Waals surface area contributed by atoms with Crippen LogP contribution in [0.5, 0.6) is 0 Å². The number of likely N-dealkylation sites (tertiary alicyclic amines) is 1. The molecule has 1 unspecified atom stereocenters. The van der Waals surface area contributed by atoms with Gasteiger partial charge >= 0.3 is 0 Å². The van der Waals surface area contributed by atoms with E-state index in [4.69, 9.17) is 4.52 Å². The van der Waals surface area contributed by atoms with Gasteiger partial charge in [-0.1, -0.05) is 5.16 Å². The topological polar surface area (TPSA) is 114 Å². The van der Waals surface area contributed by atoms with E-state index in [0.717, 1.165) is 0 Å². The summed E-state index contributed by atoms with van der Waals surface area (Å²) < 4.78 is 5.10. The summed E-state index contributed by atoms with van der Waals surface area (Å²) >= 11 is 0. The number of rotatable bonds is 4. The zero-order valence-electron chi connectivity index (χ0n) is 14.4. The van der Waals surface area contributed by atoms with Crippen LogP contribution in [0.25, 0.3) is 11.6 Å². The number of aromatic nitrogens is 4. The SMILES string of the molecule is CC(C)(C)N1CC(C(=O)NCc2nc(-c3ncccn3)no2)CC1=O. The first-order chi connectivity index (χ1) is 11.8. The Hall–Kier alpha value is -2.84. The Labute approximate surface area is 144 Å². The van der Waals surface area contributed by atoms with Crippen molar-refractivity contribution in [3.05, 3.63) is 24.4 Å². The highest BCUT2D eigenvalue weighted by Crippen LogP contribution is 2.25. The standard InChI is InChI=1S/C16H20N6O3/c1-16(2,3)22-9-10(7-12(22)23)15(24)19-8-11-20-14(21-25-11)13-17-5-4-6-18-13/h4-6,10H,7-9H2,1-3H3,(H,19,24). The summed E-state index contributed by atoms with van der Waals surface area (Å²) in [6.45, 7) is 6.38. The molecule has 1 atom stereocenters. The molecule has 0 saturated carbocycles. The van der Waals surface area contributed by atoms with Crippen molar-refractivity contribution in [3.8, 4) is 11.6 Å². The Morgan fingerprint density at radius 1 is 1.32 bits per heavy atom. The van der Waals surface area contributed by atoms with Gasteiger partial charge in [-0.3, -0.25) is 9.59 Å². The van der Waals surface area contributed by atoms with E-state index in [1.165, 1.54) is 0 Å². The number of nitrogens with one attached hydrogen (secondary N) is 1. The average molecular weight is 344 g/mol. The third-order valence-electron chi connectivity index (χ3n) is 3.95. The summed E-state index contributed by atoms with van der Waals surface area (Å²) in [5.74, 6) is 0.301. The zero-order valence-corrected chi connectivity index (χ0v) is 14.4. The Morgan fingerprint density at radius 3 is 2.68 bits per heavy atom. The molecule has 9 nitrogen and oxygen atoms in total. The third kappa shape index (κ3) is 3.81. The molecule has 1 fully saturated rings. The molecule has 0 bridgehead atoms. The van der Waals surface area contributed by atoms with E-state index in [1.807, 2.05) is 20.8 Å². The van der Waals surface area contributed by atoms with Crippen molar-refractivity contribution in [2.75, 3.05) is 6.54 Å². The maximum atomic E-state index is 12.3. The highest BCUT2D eigenvalue weighted by Gasteiger charge is 2.39. The van der Waals surface area contributed by atoms with Crippen LogP contribution in [0.1, 0.15) is 33.1 Å². The lowest BCUT2D eigenvalue weighted by Crippen LogP contribution is -2.43. The lowest BCUT2D eigenvalue weighted by Gasteiger charge is -2.31. The molecule has 2 aromatic rings. The van der Waals surface area contributed by atoms with Gasteiger partial charge in [0, 0.05) is 30.9 Å². The Balaban J connectivity index is 1.57.